The summed E-state index contributed by atoms with van der Waals surface area (Å²) < 4.78 is 16.1. The van der Waals surface area contributed by atoms with Gasteiger partial charge in [0.2, 0.25) is 5.06 Å². The average Bonchev–Trinajstić information content (AvgIpc) is 3.43. The topological polar surface area (TPSA) is 86.5 Å². The number of carbonyl (C=O) groups is 1. The van der Waals surface area contributed by atoms with Gasteiger partial charge in [-0.15, -0.1) is 0 Å². The number of rotatable bonds is 5. The molecule has 150 valence electrons. The molecule has 0 spiro atoms. The highest BCUT2D eigenvalue weighted by Crippen LogP contribution is 2.30. The summed E-state index contributed by atoms with van der Waals surface area (Å²) in [7, 11) is 0. The zero-order valence-corrected chi connectivity index (χ0v) is 17.0. The second-order valence-electron chi connectivity index (χ2n) is 6.72. The first-order chi connectivity index (χ1) is 14.1. The van der Waals surface area contributed by atoms with Crippen molar-refractivity contribution in [2.75, 3.05) is 13.2 Å². The lowest BCUT2D eigenvalue weighted by molar-refractivity contribution is 0.179. The Balaban J connectivity index is 1.48. The summed E-state index contributed by atoms with van der Waals surface area (Å²) in [5.41, 5.74) is 3.32. The molecule has 4 rings (SSSR count). The number of thiazole rings is 1. The zero-order valence-electron chi connectivity index (χ0n) is 16.2. The summed E-state index contributed by atoms with van der Waals surface area (Å²) in [6.07, 6.45) is 4.11. The summed E-state index contributed by atoms with van der Waals surface area (Å²) in [5.74, 6) is 0.725. The molecule has 1 unspecified atom stereocenters. The number of ether oxygens (including phenoxy) is 2. The number of hydrogen-bond acceptors (Lipinski definition) is 7. The lowest BCUT2D eigenvalue weighted by atomic mass is 10.1. The smallest absolute Gasteiger partial charge is 0.397 e. The van der Waals surface area contributed by atoms with Crippen LogP contribution in [-0.4, -0.2) is 35.5 Å². The lowest BCUT2D eigenvalue weighted by Crippen LogP contribution is -2.37. The second-order valence-corrected chi connectivity index (χ2v) is 7.71. The quantitative estimate of drug-likeness (QED) is 0.667. The summed E-state index contributed by atoms with van der Waals surface area (Å²) in [6, 6.07) is 9.86. The molecule has 1 amide bonds. The fraction of sp³-hybridized carbons (Fsp3) is 0.286. The van der Waals surface area contributed by atoms with Crippen molar-refractivity contribution in [3.63, 3.8) is 0 Å². The van der Waals surface area contributed by atoms with Gasteiger partial charge in [0.25, 0.3) is 0 Å². The molecule has 1 aromatic carbocycles. The molecule has 1 atom stereocenters. The van der Waals surface area contributed by atoms with Gasteiger partial charge >= 0.3 is 6.09 Å². The predicted octanol–water partition coefficient (Wildman–Crippen LogP) is 4.46. The van der Waals surface area contributed by atoms with Crippen LogP contribution in [0.4, 0.5) is 4.79 Å². The minimum Gasteiger partial charge on any atom is -0.397 e. The standard InChI is InChI=1S/C21H21N3O4S/c1-13-20(27-21(25)23-16-10-11-26-12-16)29-18(22-13)9-8-17-14(2)28-24-19(17)15-6-4-3-5-7-15/h3-9,16H,10-12H2,1-2H3,(H,23,25)/b9-8+. The Labute approximate surface area is 172 Å². The Hall–Kier alpha value is -2.97. The number of aromatic nitrogens is 2. The molecule has 7 nitrogen and oxygen atoms in total. The first kappa shape index (κ1) is 19.4. The fourth-order valence-electron chi connectivity index (χ4n) is 3.03. The maximum Gasteiger partial charge on any atom is 0.413 e. The highest BCUT2D eigenvalue weighted by Gasteiger charge is 2.20. The first-order valence-electron chi connectivity index (χ1n) is 9.33. The Morgan fingerprint density at radius 1 is 1.28 bits per heavy atom. The van der Waals surface area contributed by atoms with Crippen LogP contribution in [-0.2, 0) is 4.74 Å². The van der Waals surface area contributed by atoms with Crippen molar-refractivity contribution in [1.82, 2.24) is 15.5 Å². The van der Waals surface area contributed by atoms with E-state index < -0.39 is 6.09 Å². The summed E-state index contributed by atoms with van der Waals surface area (Å²) in [6.45, 7) is 4.87. The van der Waals surface area contributed by atoms with E-state index in [1.54, 1.807) is 0 Å². The summed E-state index contributed by atoms with van der Waals surface area (Å²) >= 11 is 1.31. The van der Waals surface area contributed by atoms with Gasteiger partial charge in [-0.05, 0) is 32.4 Å². The molecule has 3 aromatic rings. The maximum absolute atomic E-state index is 12.1. The van der Waals surface area contributed by atoms with Gasteiger partial charge in [0.15, 0.2) is 0 Å². The number of nitrogens with zero attached hydrogens (tertiary/aromatic N) is 2. The average molecular weight is 411 g/mol. The lowest BCUT2D eigenvalue weighted by Gasteiger charge is -2.09. The Kier molecular flexibility index (Phi) is 5.73. The van der Waals surface area contributed by atoms with Crippen LogP contribution in [0.5, 0.6) is 5.06 Å². The van der Waals surface area contributed by atoms with Crippen LogP contribution in [0.1, 0.15) is 28.4 Å². The van der Waals surface area contributed by atoms with Crippen molar-refractivity contribution >= 4 is 29.6 Å². The molecule has 1 aliphatic rings. The van der Waals surface area contributed by atoms with Crippen molar-refractivity contribution in [2.24, 2.45) is 0 Å². The second kappa shape index (κ2) is 8.59. The van der Waals surface area contributed by atoms with E-state index in [4.69, 9.17) is 14.0 Å². The van der Waals surface area contributed by atoms with E-state index in [2.05, 4.69) is 15.5 Å². The third kappa shape index (κ3) is 4.55. The highest BCUT2D eigenvalue weighted by molar-refractivity contribution is 7.14. The Bertz CT molecular complexity index is 1020. The molecule has 0 radical (unpaired) electrons. The van der Waals surface area contributed by atoms with E-state index in [-0.39, 0.29) is 6.04 Å². The van der Waals surface area contributed by atoms with E-state index in [1.165, 1.54) is 11.3 Å². The fourth-order valence-corrected chi connectivity index (χ4v) is 3.85. The van der Waals surface area contributed by atoms with E-state index in [0.29, 0.717) is 24.0 Å². The van der Waals surface area contributed by atoms with E-state index >= 15 is 0 Å². The SMILES string of the molecule is Cc1nc(/C=C/c2c(-c3ccccc3)noc2C)sc1OC(=O)NC1CCOC1. The van der Waals surface area contributed by atoms with Crippen LogP contribution in [0.3, 0.4) is 0 Å². The number of benzene rings is 1. The van der Waals surface area contributed by atoms with Crippen molar-refractivity contribution in [2.45, 2.75) is 26.3 Å². The zero-order chi connectivity index (χ0) is 20.2. The molecule has 3 heterocycles. The number of hydrogen-bond donors (Lipinski definition) is 1. The molecule has 1 N–H and O–H groups in total. The van der Waals surface area contributed by atoms with Gasteiger partial charge in [-0.2, -0.15) is 0 Å². The van der Waals surface area contributed by atoms with Gasteiger partial charge in [0, 0.05) is 17.7 Å². The third-order valence-corrected chi connectivity index (χ3v) is 5.56. The number of nitrogens with one attached hydrogen (secondary N) is 1. The molecule has 2 aromatic heterocycles. The Morgan fingerprint density at radius 3 is 2.86 bits per heavy atom. The summed E-state index contributed by atoms with van der Waals surface area (Å²) in [5, 5.41) is 8.19. The van der Waals surface area contributed by atoms with Gasteiger partial charge in [0.05, 0.1) is 18.3 Å². The summed E-state index contributed by atoms with van der Waals surface area (Å²) in [4.78, 5) is 16.6. The molecular weight excluding hydrogens is 390 g/mol. The van der Waals surface area contributed by atoms with Crippen LogP contribution in [0.25, 0.3) is 23.4 Å². The van der Waals surface area contributed by atoms with Crippen LogP contribution >= 0.6 is 11.3 Å². The van der Waals surface area contributed by atoms with Crippen LogP contribution in [0.15, 0.2) is 34.9 Å². The van der Waals surface area contributed by atoms with Crippen LogP contribution in [0, 0.1) is 13.8 Å². The van der Waals surface area contributed by atoms with Crippen molar-refractivity contribution in [1.29, 1.82) is 0 Å². The third-order valence-electron chi connectivity index (χ3n) is 4.56. The van der Waals surface area contributed by atoms with Crippen molar-refractivity contribution in [3.8, 4) is 16.3 Å². The van der Waals surface area contributed by atoms with E-state index in [0.717, 1.165) is 34.0 Å². The normalized spacial score (nSPS) is 16.4. The molecule has 1 fully saturated rings. The highest BCUT2D eigenvalue weighted by atomic mass is 32.1. The van der Waals surface area contributed by atoms with E-state index in [1.807, 2.05) is 56.3 Å². The van der Waals surface area contributed by atoms with Gasteiger partial charge in [-0.1, -0.05) is 46.8 Å². The van der Waals surface area contributed by atoms with Gasteiger partial charge < -0.3 is 19.3 Å². The molecule has 8 heteroatoms. The van der Waals surface area contributed by atoms with Gasteiger partial charge in [-0.25, -0.2) is 9.78 Å². The number of aryl methyl sites for hydroxylation is 2. The van der Waals surface area contributed by atoms with Crippen molar-refractivity contribution in [3.05, 3.63) is 52.4 Å². The van der Waals surface area contributed by atoms with E-state index in [9.17, 15) is 4.79 Å². The molecule has 1 saturated heterocycles. The number of amides is 1. The van der Waals surface area contributed by atoms with Crippen LogP contribution < -0.4 is 10.1 Å². The molecule has 0 aliphatic carbocycles. The maximum atomic E-state index is 12.1. The molecule has 1 aliphatic heterocycles. The minimum atomic E-state index is -0.482. The van der Waals surface area contributed by atoms with Crippen molar-refractivity contribution < 1.29 is 18.8 Å². The molecule has 0 bridgehead atoms. The molecule has 29 heavy (non-hydrogen) atoms. The predicted molar refractivity (Wildman–Crippen MR) is 111 cm³/mol. The molecular formula is C21H21N3O4S. The van der Waals surface area contributed by atoms with Gasteiger partial charge in [0.1, 0.15) is 16.5 Å². The minimum absolute atomic E-state index is 0.00284. The Morgan fingerprint density at radius 2 is 2.10 bits per heavy atom. The first-order valence-corrected chi connectivity index (χ1v) is 10.1. The van der Waals surface area contributed by atoms with Gasteiger partial charge in [-0.3, -0.25) is 0 Å². The van der Waals surface area contributed by atoms with Crippen LogP contribution in [0.2, 0.25) is 0 Å². The monoisotopic (exact) mass is 411 g/mol. The number of carbonyl (C=O) groups excluding carboxylic acids is 1. The molecule has 0 saturated carbocycles. The largest absolute Gasteiger partial charge is 0.413 e.